The summed E-state index contributed by atoms with van der Waals surface area (Å²) in [6, 6.07) is 16.7. The Bertz CT molecular complexity index is 632. The fourth-order valence-corrected chi connectivity index (χ4v) is 2.70. The molecule has 0 bridgehead atoms. The van der Waals surface area contributed by atoms with E-state index in [-0.39, 0.29) is 12.3 Å². The van der Waals surface area contributed by atoms with Gasteiger partial charge in [0.2, 0.25) is 0 Å². The van der Waals surface area contributed by atoms with Gasteiger partial charge in [0.1, 0.15) is 0 Å². The maximum absolute atomic E-state index is 10.7. The molecule has 3 nitrogen and oxygen atoms in total. The number of carboxylic acids is 1. The fraction of sp³-hybridized carbons (Fsp3) is 0.316. The Morgan fingerprint density at radius 2 is 1.73 bits per heavy atom. The second-order valence-electron chi connectivity index (χ2n) is 6.02. The maximum Gasteiger partial charge on any atom is 0.303 e. The van der Waals surface area contributed by atoms with Gasteiger partial charge in [-0.2, -0.15) is 0 Å². The minimum atomic E-state index is -0.732. The largest absolute Gasteiger partial charge is 0.481 e. The Hall–Kier alpha value is -2.29. The van der Waals surface area contributed by atoms with Crippen molar-refractivity contribution in [2.45, 2.75) is 19.8 Å². The van der Waals surface area contributed by atoms with Crippen LogP contribution in [0.2, 0.25) is 0 Å². The maximum atomic E-state index is 10.7. The molecule has 1 N–H and O–H groups in total. The van der Waals surface area contributed by atoms with Gasteiger partial charge in [0, 0.05) is 31.8 Å². The SMILES string of the molecule is CC(CC(=O)O)Cc1ccc(-c2ccccc2N(C)C)cc1. The summed E-state index contributed by atoms with van der Waals surface area (Å²) in [4.78, 5) is 12.8. The summed E-state index contributed by atoms with van der Waals surface area (Å²) in [7, 11) is 4.08. The highest BCUT2D eigenvalue weighted by atomic mass is 16.4. The molecule has 0 aliphatic carbocycles. The lowest BCUT2D eigenvalue weighted by Crippen LogP contribution is -2.09. The van der Waals surface area contributed by atoms with E-state index in [4.69, 9.17) is 5.11 Å². The molecule has 1 atom stereocenters. The molecule has 0 aromatic heterocycles. The minimum absolute atomic E-state index is 0.150. The smallest absolute Gasteiger partial charge is 0.303 e. The number of anilines is 1. The van der Waals surface area contributed by atoms with E-state index in [1.165, 1.54) is 22.4 Å². The predicted octanol–water partition coefficient (Wildman–Crippen LogP) is 4.07. The van der Waals surface area contributed by atoms with Gasteiger partial charge < -0.3 is 10.0 Å². The highest BCUT2D eigenvalue weighted by molar-refractivity contribution is 5.78. The number of hydrogen-bond acceptors (Lipinski definition) is 2. The average Bonchev–Trinajstić information content (AvgIpc) is 2.47. The average molecular weight is 297 g/mol. The van der Waals surface area contributed by atoms with E-state index >= 15 is 0 Å². The highest BCUT2D eigenvalue weighted by Crippen LogP contribution is 2.30. The fourth-order valence-electron chi connectivity index (χ4n) is 2.70. The van der Waals surface area contributed by atoms with Gasteiger partial charge in [0.05, 0.1) is 0 Å². The third-order valence-corrected chi connectivity index (χ3v) is 3.76. The molecule has 2 rings (SSSR count). The van der Waals surface area contributed by atoms with E-state index in [9.17, 15) is 4.79 Å². The van der Waals surface area contributed by atoms with Crippen molar-refractivity contribution in [3.8, 4) is 11.1 Å². The van der Waals surface area contributed by atoms with Gasteiger partial charge in [0.15, 0.2) is 0 Å². The van der Waals surface area contributed by atoms with Crippen molar-refractivity contribution < 1.29 is 9.90 Å². The van der Waals surface area contributed by atoms with Crippen LogP contribution in [0, 0.1) is 5.92 Å². The normalized spacial score (nSPS) is 12.0. The van der Waals surface area contributed by atoms with Crippen LogP contribution in [0.25, 0.3) is 11.1 Å². The Morgan fingerprint density at radius 3 is 2.32 bits per heavy atom. The summed E-state index contributed by atoms with van der Waals surface area (Å²) in [5.41, 5.74) is 4.76. The van der Waals surface area contributed by atoms with E-state index in [0.29, 0.717) is 0 Å². The van der Waals surface area contributed by atoms with Crippen LogP contribution >= 0.6 is 0 Å². The summed E-state index contributed by atoms with van der Waals surface area (Å²) in [5, 5.41) is 8.83. The van der Waals surface area contributed by atoms with Gasteiger partial charge >= 0.3 is 5.97 Å². The molecule has 2 aromatic carbocycles. The van der Waals surface area contributed by atoms with Crippen LogP contribution < -0.4 is 4.90 Å². The quantitative estimate of drug-likeness (QED) is 0.873. The van der Waals surface area contributed by atoms with Crippen molar-refractivity contribution in [2.75, 3.05) is 19.0 Å². The summed E-state index contributed by atoms with van der Waals surface area (Å²) in [5.74, 6) is -0.582. The van der Waals surface area contributed by atoms with Crippen molar-refractivity contribution in [1.82, 2.24) is 0 Å². The predicted molar refractivity (Wildman–Crippen MR) is 91.3 cm³/mol. The molecule has 0 heterocycles. The van der Waals surface area contributed by atoms with Crippen LogP contribution in [-0.2, 0) is 11.2 Å². The second-order valence-corrected chi connectivity index (χ2v) is 6.02. The number of nitrogens with zero attached hydrogens (tertiary/aromatic N) is 1. The molecule has 0 spiro atoms. The van der Waals surface area contributed by atoms with Crippen molar-refractivity contribution in [1.29, 1.82) is 0 Å². The number of benzene rings is 2. The molecule has 0 saturated carbocycles. The zero-order chi connectivity index (χ0) is 16.1. The van der Waals surface area contributed by atoms with Crippen LogP contribution in [-0.4, -0.2) is 25.2 Å². The Morgan fingerprint density at radius 1 is 1.09 bits per heavy atom. The van der Waals surface area contributed by atoms with Crippen molar-refractivity contribution >= 4 is 11.7 Å². The number of carbonyl (C=O) groups is 1. The molecule has 116 valence electrons. The first-order valence-corrected chi connectivity index (χ1v) is 7.55. The monoisotopic (exact) mass is 297 g/mol. The van der Waals surface area contributed by atoms with Crippen molar-refractivity contribution in [3.63, 3.8) is 0 Å². The van der Waals surface area contributed by atoms with Crippen LogP contribution in [0.4, 0.5) is 5.69 Å². The molecular formula is C19H23NO2. The van der Waals surface area contributed by atoms with Crippen LogP contribution in [0.5, 0.6) is 0 Å². The van der Waals surface area contributed by atoms with E-state index in [1.807, 2.05) is 33.2 Å². The zero-order valence-corrected chi connectivity index (χ0v) is 13.4. The van der Waals surface area contributed by atoms with E-state index in [0.717, 1.165) is 6.42 Å². The van der Waals surface area contributed by atoms with Crippen molar-refractivity contribution in [3.05, 3.63) is 54.1 Å². The standard InChI is InChI=1S/C19H23NO2/c1-14(13-19(21)22)12-15-8-10-16(11-9-15)17-6-4-5-7-18(17)20(2)3/h4-11,14H,12-13H2,1-3H3,(H,21,22). The lowest BCUT2D eigenvalue weighted by atomic mass is 9.95. The molecule has 0 aliphatic rings. The van der Waals surface area contributed by atoms with Gasteiger partial charge in [-0.1, -0.05) is 49.4 Å². The molecule has 0 amide bonds. The van der Waals surface area contributed by atoms with E-state index in [1.54, 1.807) is 0 Å². The number of aliphatic carboxylic acids is 1. The first-order valence-electron chi connectivity index (χ1n) is 7.55. The first kappa shape index (κ1) is 16.1. The number of para-hydroxylation sites is 1. The van der Waals surface area contributed by atoms with Crippen LogP contribution in [0.1, 0.15) is 18.9 Å². The van der Waals surface area contributed by atoms with Gasteiger partial charge in [-0.15, -0.1) is 0 Å². The summed E-state index contributed by atoms with van der Waals surface area (Å²) >= 11 is 0. The third-order valence-electron chi connectivity index (χ3n) is 3.76. The second kappa shape index (κ2) is 7.12. The lowest BCUT2D eigenvalue weighted by molar-refractivity contribution is -0.137. The number of carboxylic acid groups (broad SMARTS) is 1. The molecule has 0 saturated heterocycles. The molecule has 2 aromatic rings. The minimum Gasteiger partial charge on any atom is -0.481 e. The Labute approximate surface area is 132 Å². The van der Waals surface area contributed by atoms with Crippen LogP contribution in [0.3, 0.4) is 0 Å². The van der Waals surface area contributed by atoms with Crippen molar-refractivity contribution in [2.24, 2.45) is 5.92 Å². The van der Waals surface area contributed by atoms with E-state index < -0.39 is 5.97 Å². The summed E-state index contributed by atoms with van der Waals surface area (Å²) in [6.07, 6.45) is 1.01. The van der Waals surface area contributed by atoms with E-state index in [2.05, 4.69) is 41.3 Å². The molecule has 3 heteroatoms. The summed E-state index contributed by atoms with van der Waals surface area (Å²) < 4.78 is 0. The molecule has 0 aliphatic heterocycles. The Kier molecular flexibility index (Phi) is 5.21. The number of rotatable bonds is 6. The molecular weight excluding hydrogens is 274 g/mol. The summed E-state index contributed by atoms with van der Waals surface area (Å²) in [6.45, 7) is 1.98. The molecule has 22 heavy (non-hydrogen) atoms. The van der Waals surface area contributed by atoms with Gasteiger partial charge in [-0.3, -0.25) is 4.79 Å². The van der Waals surface area contributed by atoms with Gasteiger partial charge in [-0.25, -0.2) is 0 Å². The van der Waals surface area contributed by atoms with Crippen LogP contribution in [0.15, 0.2) is 48.5 Å². The topological polar surface area (TPSA) is 40.5 Å². The zero-order valence-electron chi connectivity index (χ0n) is 13.4. The molecule has 0 fully saturated rings. The Balaban J connectivity index is 2.17. The molecule has 1 unspecified atom stereocenters. The molecule has 0 radical (unpaired) electrons. The number of hydrogen-bond donors (Lipinski definition) is 1. The lowest BCUT2D eigenvalue weighted by Gasteiger charge is -2.17. The highest BCUT2D eigenvalue weighted by Gasteiger charge is 2.10. The third kappa shape index (κ3) is 4.10. The first-order chi connectivity index (χ1) is 10.5. The van der Waals surface area contributed by atoms with Gasteiger partial charge in [-0.05, 0) is 29.5 Å². The van der Waals surface area contributed by atoms with Gasteiger partial charge in [0.25, 0.3) is 0 Å².